The molecule has 0 unspecified atom stereocenters. The summed E-state index contributed by atoms with van der Waals surface area (Å²) in [5, 5.41) is 9.69. The van der Waals surface area contributed by atoms with E-state index in [0.717, 1.165) is 22.4 Å². The van der Waals surface area contributed by atoms with Crippen LogP contribution in [0.15, 0.2) is 66.7 Å². The van der Waals surface area contributed by atoms with Crippen LogP contribution in [0.5, 0.6) is 6.01 Å². The Hall–Kier alpha value is -4.56. The minimum Gasteiger partial charge on any atom is -0.478 e. The Morgan fingerprint density at radius 1 is 1.08 bits per heavy atom. The van der Waals surface area contributed by atoms with Gasteiger partial charge in [-0.1, -0.05) is 42.5 Å². The predicted octanol–water partition coefficient (Wildman–Crippen LogP) is 5.50. The average molecular weight is 536 g/mol. The van der Waals surface area contributed by atoms with E-state index >= 15 is 0 Å². The molecule has 3 aromatic carbocycles. The van der Waals surface area contributed by atoms with Crippen molar-refractivity contribution in [3.8, 4) is 17.1 Å². The van der Waals surface area contributed by atoms with Crippen LogP contribution >= 0.6 is 0 Å². The van der Waals surface area contributed by atoms with Crippen molar-refractivity contribution < 1.29 is 33.0 Å². The van der Waals surface area contributed by atoms with Gasteiger partial charge >= 0.3 is 12.1 Å². The molecule has 0 bridgehead atoms. The van der Waals surface area contributed by atoms with Gasteiger partial charge in [0.2, 0.25) is 0 Å². The van der Waals surface area contributed by atoms with Crippen LogP contribution in [0, 0.1) is 0 Å². The molecule has 39 heavy (non-hydrogen) atoms. The number of anilines is 1. The monoisotopic (exact) mass is 535 g/mol. The molecule has 0 saturated carbocycles. The number of ether oxygens (including phenoxy) is 1. The molecule has 0 amide bonds. The molecule has 2 heterocycles. The van der Waals surface area contributed by atoms with Gasteiger partial charge in [0.15, 0.2) is 0 Å². The van der Waals surface area contributed by atoms with E-state index in [1.165, 1.54) is 0 Å². The highest BCUT2D eigenvalue weighted by atomic mass is 19.3. The molecule has 1 aromatic heterocycles. The number of imidazole rings is 1. The van der Waals surface area contributed by atoms with Crippen molar-refractivity contribution in [3.63, 3.8) is 0 Å². The maximum absolute atomic E-state index is 13.9. The lowest BCUT2D eigenvalue weighted by molar-refractivity contribution is -0.191. The quantitative estimate of drug-likeness (QED) is 0.333. The second-order valence-corrected chi connectivity index (χ2v) is 9.10. The maximum atomic E-state index is 13.9. The topological polar surface area (TPSA) is 102 Å². The minimum atomic E-state index is -2.66. The average Bonchev–Trinajstić information content (AvgIpc) is 3.26. The smallest absolute Gasteiger partial charge is 0.373 e. The summed E-state index contributed by atoms with van der Waals surface area (Å²) in [7, 11) is 0. The molecule has 1 N–H and O–H groups in total. The second-order valence-electron chi connectivity index (χ2n) is 9.10. The normalized spacial score (nSPS) is 14.3. The zero-order chi connectivity index (χ0) is 28.0. The van der Waals surface area contributed by atoms with E-state index < -0.39 is 11.9 Å². The SMILES string of the molecule is CCOc1nc2cccc(C(=O)O)c2n1Cc1ccc(-c2cccc(N3CCCC(F)(F)C3)c2)cc1.O=C=O. The fourth-order valence-corrected chi connectivity index (χ4v) is 4.78. The number of carboxylic acids is 1. The third kappa shape index (κ3) is 6.30. The Labute approximate surface area is 223 Å². The summed E-state index contributed by atoms with van der Waals surface area (Å²) in [6.07, 6.45) is 0.665. The molecular weight excluding hydrogens is 508 g/mol. The highest BCUT2D eigenvalue weighted by molar-refractivity contribution is 6.01. The summed E-state index contributed by atoms with van der Waals surface area (Å²) in [5.74, 6) is -3.68. The Morgan fingerprint density at radius 3 is 2.46 bits per heavy atom. The molecule has 0 spiro atoms. The molecular formula is C29H27F2N3O5. The molecule has 0 aliphatic carbocycles. The van der Waals surface area contributed by atoms with Crippen LogP contribution in [0.1, 0.15) is 35.7 Å². The Bertz CT molecular complexity index is 1490. The number of alkyl halides is 2. The number of nitrogens with zero attached hydrogens (tertiary/aromatic N) is 3. The summed E-state index contributed by atoms with van der Waals surface area (Å²) >= 11 is 0. The van der Waals surface area contributed by atoms with Crippen LogP contribution in [0.4, 0.5) is 14.5 Å². The van der Waals surface area contributed by atoms with E-state index in [1.807, 2.05) is 55.5 Å². The van der Waals surface area contributed by atoms with E-state index in [2.05, 4.69) is 4.98 Å². The molecule has 1 saturated heterocycles. The van der Waals surface area contributed by atoms with Crippen LogP contribution < -0.4 is 9.64 Å². The fourth-order valence-electron chi connectivity index (χ4n) is 4.78. The van der Waals surface area contributed by atoms with Crippen LogP contribution in [0.2, 0.25) is 0 Å². The van der Waals surface area contributed by atoms with Crippen LogP contribution in [-0.2, 0) is 16.1 Å². The summed E-state index contributed by atoms with van der Waals surface area (Å²) < 4.78 is 35.3. The summed E-state index contributed by atoms with van der Waals surface area (Å²) in [6, 6.07) is 21.0. The maximum Gasteiger partial charge on any atom is 0.373 e. The number of piperidine rings is 1. The van der Waals surface area contributed by atoms with Gasteiger partial charge in [0.1, 0.15) is 0 Å². The van der Waals surface area contributed by atoms with Gasteiger partial charge in [-0.3, -0.25) is 4.57 Å². The first-order chi connectivity index (χ1) is 18.8. The molecule has 8 nitrogen and oxygen atoms in total. The van der Waals surface area contributed by atoms with Crippen molar-refractivity contribution in [2.75, 3.05) is 24.6 Å². The number of carboxylic acid groups (broad SMARTS) is 1. The Morgan fingerprint density at radius 2 is 1.79 bits per heavy atom. The molecule has 0 radical (unpaired) electrons. The Balaban J connectivity index is 0.00000112. The molecule has 10 heteroatoms. The molecule has 5 rings (SSSR count). The molecule has 4 aromatic rings. The lowest BCUT2D eigenvalue weighted by atomic mass is 10.0. The van der Waals surface area contributed by atoms with Gasteiger partial charge in [-0.2, -0.15) is 14.6 Å². The number of aromatic nitrogens is 2. The van der Waals surface area contributed by atoms with E-state index in [0.29, 0.717) is 43.2 Å². The third-order valence-corrected chi connectivity index (χ3v) is 6.47. The highest BCUT2D eigenvalue weighted by Gasteiger charge is 2.35. The van der Waals surface area contributed by atoms with E-state index in [-0.39, 0.29) is 24.7 Å². The zero-order valence-corrected chi connectivity index (χ0v) is 21.3. The number of aromatic carboxylic acids is 1. The van der Waals surface area contributed by atoms with Crippen molar-refractivity contribution in [2.45, 2.75) is 32.2 Å². The lowest BCUT2D eigenvalue weighted by Gasteiger charge is -2.34. The van der Waals surface area contributed by atoms with Crippen LogP contribution in [0.3, 0.4) is 0 Å². The molecule has 1 aliphatic rings. The lowest BCUT2D eigenvalue weighted by Crippen LogP contribution is -2.42. The van der Waals surface area contributed by atoms with Crippen molar-refractivity contribution >= 4 is 28.8 Å². The third-order valence-electron chi connectivity index (χ3n) is 6.47. The van der Waals surface area contributed by atoms with Crippen molar-refractivity contribution in [1.82, 2.24) is 9.55 Å². The summed E-state index contributed by atoms with van der Waals surface area (Å²) in [5.41, 5.74) is 4.91. The van der Waals surface area contributed by atoms with Gasteiger partial charge in [0.25, 0.3) is 11.9 Å². The number of carbonyl (C=O) groups excluding carboxylic acids is 2. The first-order valence-electron chi connectivity index (χ1n) is 12.4. The number of para-hydroxylation sites is 1. The van der Waals surface area contributed by atoms with Crippen LogP contribution in [0.25, 0.3) is 22.2 Å². The number of benzene rings is 3. The fraction of sp³-hybridized carbons (Fsp3) is 0.276. The highest BCUT2D eigenvalue weighted by Crippen LogP contribution is 2.32. The molecule has 1 aliphatic heterocycles. The number of rotatable bonds is 7. The van der Waals surface area contributed by atoms with Crippen LogP contribution in [-0.4, -0.2) is 52.4 Å². The predicted molar refractivity (Wildman–Crippen MR) is 140 cm³/mol. The number of hydrogen-bond donors (Lipinski definition) is 1. The van der Waals surface area contributed by atoms with Crippen molar-refractivity contribution in [3.05, 3.63) is 77.9 Å². The van der Waals surface area contributed by atoms with E-state index in [1.54, 1.807) is 27.7 Å². The number of carbonyl (C=O) groups is 1. The van der Waals surface area contributed by atoms with Gasteiger partial charge < -0.3 is 14.7 Å². The molecule has 0 atom stereocenters. The molecule has 202 valence electrons. The van der Waals surface area contributed by atoms with Gasteiger partial charge in [-0.15, -0.1) is 0 Å². The summed E-state index contributed by atoms with van der Waals surface area (Å²) in [4.78, 5) is 34.3. The van der Waals surface area contributed by atoms with Gasteiger partial charge in [0.05, 0.1) is 36.3 Å². The second kappa shape index (κ2) is 11.9. The first kappa shape index (κ1) is 27.5. The standard InChI is InChI=1S/C28H27F2N3O3.CO2/c1-2-36-27-31-24-9-4-8-23(26(34)35)25(24)33(27)17-19-10-12-20(13-11-19)21-6-3-7-22(16-21)32-15-5-14-28(29,30)18-32;2-1-3/h3-4,6-13,16H,2,5,14-15,17-18H2,1H3,(H,34,35);. The largest absolute Gasteiger partial charge is 0.478 e. The van der Waals surface area contributed by atoms with Gasteiger partial charge in [-0.25, -0.2) is 13.6 Å². The summed E-state index contributed by atoms with van der Waals surface area (Å²) in [6.45, 7) is 3.02. The minimum absolute atomic E-state index is 0.0597. The van der Waals surface area contributed by atoms with Gasteiger partial charge in [0, 0.05) is 18.7 Å². The number of fused-ring (bicyclic) bond motifs is 1. The van der Waals surface area contributed by atoms with Crippen molar-refractivity contribution in [2.24, 2.45) is 0 Å². The zero-order valence-electron chi connectivity index (χ0n) is 21.3. The van der Waals surface area contributed by atoms with E-state index in [9.17, 15) is 18.7 Å². The Kier molecular flexibility index (Phi) is 8.36. The number of halogens is 2. The van der Waals surface area contributed by atoms with Gasteiger partial charge in [-0.05, 0) is 54.3 Å². The van der Waals surface area contributed by atoms with Crippen molar-refractivity contribution in [1.29, 1.82) is 0 Å². The number of hydrogen-bond acceptors (Lipinski definition) is 6. The molecule has 1 fully saturated rings. The first-order valence-corrected chi connectivity index (χ1v) is 12.4. The van der Waals surface area contributed by atoms with E-state index in [4.69, 9.17) is 14.3 Å².